The van der Waals surface area contributed by atoms with Crippen molar-refractivity contribution >= 4 is 21.7 Å². The summed E-state index contributed by atoms with van der Waals surface area (Å²) >= 11 is 0. The first-order chi connectivity index (χ1) is 9.94. The Bertz CT molecular complexity index is 782. The molecular weight excluding hydrogens is 288 g/mol. The lowest BCUT2D eigenvalue weighted by molar-refractivity contribution is 0.600. The molecule has 2 N–H and O–H groups in total. The molecule has 1 aliphatic heterocycles. The standard InChI is InChI=1S/C14H16N4O2S/c1-9-7-10(2)17-14(16-9)18-21(19,20)12-3-4-13-11(8-12)5-6-15-13/h3-4,7-8,15H,5-6H2,1-2H3,(H,16,17,18). The molecule has 1 aromatic heterocycles. The normalized spacial score (nSPS) is 13.6. The van der Waals surface area contributed by atoms with Gasteiger partial charge in [-0.1, -0.05) is 0 Å². The summed E-state index contributed by atoms with van der Waals surface area (Å²) in [6.07, 6.45) is 0.832. The van der Waals surface area contributed by atoms with E-state index in [1.165, 1.54) is 0 Å². The summed E-state index contributed by atoms with van der Waals surface area (Å²) in [6.45, 7) is 4.44. The largest absolute Gasteiger partial charge is 0.384 e. The van der Waals surface area contributed by atoms with Crippen molar-refractivity contribution in [1.82, 2.24) is 9.97 Å². The molecule has 110 valence electrons. The zero-order valence-electron chi connectivity index (χ0n) is 11.8. The van der Waals surface area contributed by atoms with Gasteiger partial charge in [0.05, 0.1) is 4.90 Å². The molecule has 7 heteroatoms. The van der Waals surface area contributed by atoms with Crippen LogP contribution in [0.3, 0.4) is 0 Å². The highest BCUT2D eigenvalue weighted by Gasteiger charge is 2.19. The van der Waals surface area contributed by atoms with Gasteiger partial charge in [0.1, 0.15) is 0 Å². The number of fused-ring (bicyclic) bond motifs is 1. The summed E-state index contributed by atoms with van der Waals surface area (Å²) in [5.41, 5.74) is 3.45. The third kappa shape index (κ3) is 2.82. The van der Waals surface area contributed by atoms with Crippen molar-refractivity contribution < 1.29 is 8.42 Å². The fourth-order valence-corrected chi connectivity index (χ4v) is 3.39. The van der Waals surface area contributed by atoms with Crippen LogP contribution in [0.4, 0.5) is 11.6 Å². The Hall–Kier alpha value is -2.15. The Morgan fingerprint density at radius 3 is 2.57 bits per heavy atom. The van der Waals surface area contributed by atoms with Crippen molar-refractivity contribution in [3.63, 3.8) is 0 Å². The zero-order chi connectivity index (χ0) is 15.0. The van der Waals surface area contributed by atoms with Crippen molar-refractivity contribution in [2.24, 2.45) is 0 Å². The summed E-state index contributed by atoms with van der Waals surface area (Å²) in [5, 5.41) is 3.20. The molecule has 0 atom stereocenters. The van der Waals surface area contributed by atoms with E-state index in [-0.39, 0.29) is 10.8 Å². The number of aromatic nitrogens is 2. The Kier molecular flexibility index (Phi) is 3.29. The van der Waals surface area contributed by atoms with E-state index in [9.17, 15) is 8.42 Å². The van der Waals surface area contributed by atoms with Gasteiger partial charge in [-0.15, -0.1) is 0 Å². The highest BCUT2D eigenvalue weighted by atomic mass is 32.2. The van der Waals surface area contributed by atoms with Gasteiger partial charge in [-0.05, 0) is 50.1 Å². The monoisotopic (exact) mass is 304 g/mol. The van der Waals surface area contributed by atoms with Gasteiger partial charge < -0.3 is 5.32 Å². The van der Waals surface area contributed by atoms with Crippen LogP contribution in [-0.4, -0.2) is 24.9 Å². The smallest absolute Gasteiger partial charge is 0.264 e. The van der Waals surface area contributed by atoms with Crippen LogP contribution in [0.1, 0.15) is 17.0 Å². The molecule has 0 saturated heterocycles. The number of nitrogens with one attached hydrogen (secondary N) is 2. The Morgan fingerprint density at radius 2 is 1.86 bits per heavy atom. The summed E-state index contributed by atoms with van der Waals surface area (Å²) < 4.78 is 27.3. The molecule has 1 aromatic carbocycles. The molecule has 0 unspecified atom stereocenters. The lowest BCUT2D eigenvalue weighted by Crippen LogP contribution is -2.16. The maximum absolute atomic E-state index is 12.4. The molecule has 0 aliphatic carbocycles. The van der Waals surface area contributed by atoms with E-state index in [0.29, 0.717) is 0 Å². The first-order valence-electron chi connectivity index (χ1n) is 6.66. The molecule has 2 aromatic rings. The molecule has 21 heavy (non-hydrogen) atoms. The molecule has 0 fully saturated rings. The maximum Gasteiger partial charge on any atom is 0.264 e. The molecule has 1 aliphatic rings. The second kappa shape index (κ2) is 5.00. The third-order valence-corrected chi connectivity index (χ3v) is 4.63. The van der Waals surface area contributed by atoms with Crippen molar-refractivity contribution in [3.05, 3.63) is 41.2 Å². The molecule has 0 radical (unpaired) electrons. The van der Waals surface area contributed by atoms with Crippen molar-refractivity contribution in [2.45, 2.75) is 25.2 Å². The van der Waals surface area contributed by atoms with E-state index >= 15 is 0 Å². The van der Waals surface area contributed by atoms with Gasteiger partial charge in [-0.3, -0.25) is 0 Å². The number of benzene rings is 1. The average molecular weight is 304 g/mol. The minimum absolute atomic E-state index is 0.103. The van der Waals surface area contributed by atoms with Crippen LogP contribution >= 0.6 is 0 Å². The fraction of sp³-hybridized carbons (Fsp3) is 0.286. The molecule has 2 heterocycles. The number of sulfonamides is 1. The highest BCUT2D eigenvalue weighted by molar-refractivity contribution is 7.92. The van der Waals surface area contributed by atoms with Gasteiger partial charge in [0.2, 0.25) is 5.95 Å². The number of anilines is 2. The van der Waals surface area contributed by atoms with E-state index in [2.05, 4.69) is 20.0 Å². The van der Waals surface area contributed by atoms with Gasteiger partial charge in [0, 0.05) is 23.6 Å². The second-order valence-corrected chi connectivity index (χ2v) is 6.76. The molecule has 6 nitrogen and oxygen atoms in total. The SMILES string of the molecule is Cc1cc(C)nc(NS(=O)(=O)c2ccc3c(c2)CCN3)n1. The topological polar surface area (TPSA) is 84.0 Å². The average Bonchev–Trinajstić information content (AvgIpc) is 2.83. The lowest BCUT2D eigenvalue weighted by Gasteiger charge is -2.09. The Balaban J connectivity index is 1.93. The summed E-state index contributed by atoms with van der Waals surface area (Å²) in [6, 6.07) is 6.86. The minimum atomic E-state index is -3.67. The quantitative estimate of drug-likeness (QED) is 0.904. The summed E-state index contributed by atoms with van der Waals surface area (Å²) in [7, 11) is -3.67. The third-order valence-electron chi connectivity index (χ3n) is 3.30. The van der Waals surface area contributed by atoms with Crippen molar-refractivity contribution in [1.29, 1.82) is 0 Å². The van der Waals surface area contributed by atoms with Gasteiger partial charge in [-0.2, -0.15) is 0 Å². The fourth-order valence-electron chi connectivity index (χ4n) is 2.40. The van der Waals surface area contributed by atoms with E-state index in [1.54, 1.807) is 38.1 Å². The van der Waals surface area contributed by atoms with Crippen molar-refractivity contribution in [2.75, 3.05) is 16.6 Å². The van der Waals surface area contributed by atoms with Crippen LogP contribution in [-0.2, 0) is 16.4 Å². The number of rotatable bonds is 3. The van der Waals surface area contributed by atoms with Crippen LogP contribution in [0.2, 0.25) is 0 Å². The van der Waals surface area contributed by atoms with Gasteiger partial charge in [-0.25, -0.2) is 23.1 Å². The predicted molar refractivity (Wildman–Crippen MR) is 81.0 cm³/mol. The van der Waals surface area contributed by atoms with Crippen LogP contribution < -0.4 is 10.0 Å². The number of nitrogens with zero attached hydrogens (tertiary/aromatic N) is 2. The second-order valence-electron chi connectivity index (χ2n) is 5.08. The summed E-state index contributed by atoms with van der Waals surface area (Å²) in [4.78, 5) is 8.44. The minimum Gasteiger partial charge on any atom is -0.384 e. The molecule has 0 bridgehead atoms. The Labute approximate surface area is 123 Å². The number of aryl methyl sites for hydroxylation is 2. The predicted octanol–water partition coefficient (Wildman–Crippen LogP) is 1.86. The molecule has 3 rings (SSSR count). The highest BCUT2D eigenvalue weighted by Crippen LogP contribution is 2.25. The molecule has 0 spiro atoms. The van der Waals surface area contributed by atoms with E-state index in [1.807, 2.05) is 0 Å². The van der Waals surface area contributed by atoms with E-state index < -0.39 is 10.0 Å². The van der Waals surface area contributed by atoms with E-state index in [4.69, 9.17) is 0 Å². The van der Waals surface area contributed by atoms with Gasteiger partial charge >= 0.3 is 0 Å². The zero-order valence-corrected chi connectivity index (χ0v) is 12.7. The molecule has 0 saturated carbocycles. The first kappa shape index (κ1) is 13.8. The first-order valence-corrected chi connectivity index (χ1v) is 8.14. The van der Waals surface area contributed by atoms with Crippen LogP contribution in [0.25, 0.3) is 0 Å². The number of hydrogen-bond acceptors (Lipinski definition) is 5. The summed E-state index contributed by atoms with van der Waals surface area (Å²) in [5.74, 6) is 0.103. The Morgan fingerprint density at radius 1 is 1.14 bits per heavy atom. The van der Waals surface area contributed by atoms with Crippen LogP contribution in [0, 0.1) is 13.8 Å². The van der Waals surface area contributed by atoms with E-state index in [0.717, 1.165) is 35.6 Å². The molecule has 0 amide bonds. The van der Waals surface area contributed by atoms with Gasteiger partial charge in [0.15, 0.2) is 0 Å². The lowest BCUT2D eigenvalue weighted by atomic mass is 10.2. The van der Waals surface area contributed by atoms with Gasteiger partial charge in [0.25, 0.3) is 10.0 Å². The molecular formula is C14H16N4O2S. The number of hydrogen-bond donors (Lipinski definition) is 2. The van der Waals surface area contributed by atoms with Crippen LogP contribution in [0.15, 0.2) is 29.2 Å². The van der Waals surface area contributed by atoms with Crippen LogP contribution in [0.5, 0.6) is 0 Å². The van der Waals surface area contributed by atoms with Crippen molar-refractivity contribution in [3.8, 4) is 0 Å². The maximum atomic E-state index is 12.4.